The van der Waals surface area contributed by atoms with Gasteiger partial charge in [-0.05, 0) is 31.1 Å². The van der Waals surface area contributed by atoms with Crippen molar-refractivity contribution >= 4 is 21.8 Å². The van der Waals surface area contributed by atoms with Gasteiger partial charge in [0, 0.05) is 12.6 Å². The lowest BCUT2D eigenvalue weighted by Crippen LogP contribution is -2.31. The molecule has 2 aliphatic carbocycles. The highest BCUT2D eigenvalue weighted by molar-refractivity contribution is 9.10. The number of halogens is 1. The predicted molar refractivity (Wildman–Crippen MR) is 58.3 cm³/mol. The molecule has 1 aliphatic heterocycles. The molecule has 3 heteroatoms. The normalized spacial score (nSPS) is 46.6. The molecule has 3 unspecified atom stereocenters. The third kappa shape index (κ3) is 1.24. The molecule has 0 radical (unpaired) electrons. The summed E-state index contributed by atoms with van der Waals surface area (Å²) >= 11 is 3.45. The first-order chi connectivity index (χ1) is 6.79. The van der Waals surface area contributed by atoms with Crippen LogP contribution in [0.25, 0.3) is 0 Å². The molecule has 1 amide bonds. The standard InChI is InChI=1S/C11H16BrNO/c12-9-5-6-13(11(9)14)10-7-3-1-2-4-8(7)10/h7-10H,1-6H2. The van der Waals surface area contributed by atoms with Crippen LogP contribution in [0, 0.1) is 11.8 Å². The van der Waals surface area contributed by atoms with E-state index in [1.807, 2.05) is 0 Å². The second-order valence-corrected chi connectivity index (χ2v) is 6.00. The van der Waals surface area contributed by atoms with E-state index in [1.165, 1.54) is 25.7 Å². The summed E-state index contributed by atoms with van der Waals surface area (Å²) in [6.45, 7) is 0.992. The van der Waals surface area contributed by atoms with Gasteiger partial charge in [-0.1, -0.05) is 28.8 Å². The van der Waals surface area contributed by atoms with Gasteiger partial charge in [0.05, 0.1) is 4.83 Å². The van der Waals surface area contributed by atoms with E-state index in [1.54, 1.807) is 0 Å². The van der Waals surface area contributed by atoms with Gasteiger partial charge in [-0.3, -0.25) is 4.79 Å². The molecule has 0 aromatic rings. The fraction of sp³-hybridized carbons (Fsp3) is 0.909. The molecular formula is C11H16BrNO. The van der Waals surface area contributed by atoms with E-state index in [4.69, 9.17) is 0 Å². The Morgan fingerprint density at radius 3 is 2.29 bits per heavy atom. The minimum Gasteiger partial charge on any atom is -0.338 e. The molecule has 0 spiro atoms. The third-order valence-electron chi connectivity index (χ3n) is 4.15. The number of hydrogen-bond acceptors (Lipinski definition) is 1. The molecule has 0 N–H and O–H groups in total. The van der Waals surface area contributed by atoms with Crippen molar-refractivity contribution in [2.75, 3.05) is 6.54 Å². The number of carbonyl (C=O) groups is 1. The molecule has 0 aromatic carbocycles. The Kier molecular flexibility index (Phi) is 2.12. The molecule has 3 fully saturated rings. The Morgan fingerprint density at radius 1 is 1.14 bits per heavy atom. The topological polar surface area (TPSA) is 20.3 Å². The summed E-state index contributed by atoms with van der Waals surface area (Å²) < 4.78 is 0. The smallest absolute Gasteiger partial charge is 0.236 e. The monoisotopic (exact) mass is 257 g/mol. The van der Waals surface area contributed by atoms with Crippen LogP contribution < -0.4 is 0 Å². The number of fused-ring (bicyclic) bond motifs is 1. The molecule has 3 atom stereocenters. The van der Waals surface area contributed by atoms with Crippen LogP contribution in [0.1, 0.15) is 32.1 Å². The number of hydrogen-bond donors (Lipinski definition) is 0. The summed E-state index contributed by atoms with van der Waals surface area (Å²) in [5, 5.41) is 0. The maximum absolute atomic E-state index is 11.8. The van der Waals surface area contributed by atoms with Gasteiger partial charge in [-0.2, -0.15) is 0 Å². The van der Waals surface area contributed by atoms with Crippen molar-refractivity contribution in [2.45, 2.75) is 43.0 Å². The highest BCUT2D eigenvalue weighted by Gasteiger charge is 2.56. The number of rotatable bonds is 1. The predicted octanol–water partition coefficient (Wildman–Crippen LogP) is 2.17. The molecular weight excluding hydrogens is 242 g/mol. The fourth-order valence-electron chi connectivity index (χ4n) is 3.38. The van der Waals surface area contributed by atoms with E-state index in [2.05, 4.69) is 20.8 Å². The number of carbonyl (C=O) groups excluding carboxylic acids is 1. The summed E-state index contributed by atoms with van der Waals surface area (Å²) in [6.07, 6.45) is 6.52. The van der Waals surface area contributed by atoms with Crippen LogP contribution in [-0.2, 0) is 4.79 Å². The van der Waals surface area contributed by atoms with Crippen LogP contribution in [0.2, 0.25) is 0 Å². The largest absolute Gasteiger partial charge is 0.338 e. The van der Waals surface area contributed by atoms with Crippen molar-refractivity contribution in [2.24, 2.45) is 11.8 Å². The van der Waals surface area contributed by atoms with Gasteiger partial charge < -0.3 is 4.90 Å². The number of alkyl halides is 1. The van der Waals surface area contributed by atoms with Crippen LogP contribution in [0.3, 0.4) is 0 Å². The molecule has 3 aliphatic rings. The Labute approximate surface area is 93.2 Å². The molecule has 2 nitrogen and oxygen atoms in total. The Hall–Kier alpha value is -0.0500. The van der Waals surface area contributed by atoms with Gasteiger partial charge in [0.2, 0.25) is 5.91 Å². The van der Waals surface area contributed by atoms with E-state index in [9.17, 15) is 4.79 Å². The molecule has 14 heavy (non-hydrogen) atoms. The van der Waals surface area contributed by atoms with Crippen molar-refractivity contribution in [1.82, 2.24) is 4.90 Å². The Balaban J connectivity index is 1.70. The highest BCUT2D eigenvalue weighted by Crippen LogP contribution is 2.53. The molecule has 0 bridgehead atoms. The zero-order chi connectivity index (χ0) is 9.71. The van der Waals surface area contributed by atoms with Crippen molar-refractivity contribution in [1.29, 1.82) is 0 Å². The van der Waals surface area contributed by atoms with Crippen LogP contribution in [0.4, 0.5) is 0 Å². The molecule has 1 heterocycles. The third-order valence-corrected chi connectivity index (χ3v) is 5.00. The van der Waals surface area contributed by atoms with Gasteiger partial charge >= 0.3 is 0 Å². The van der Waals surface area contributed by atoms with E-state index in [-0.39, 0.29) is 4.83 Å². The van der Waals surface area contributed by atoms with Crippen LogP contribution in [0.15, 0.2) is 0 Å². The van der Waals surface area contributed by atoms with Crippen LogP contribution in [-0.4, -0.2) is 28.2 Å². The molecule has 1 saturated heterocycles. The zero-order valence-corrected chi connectivity index (χ0v) is 9.87. The van der Waals surface area contributed by atoms with Crippen molar-refractivity contribution in [3.63, 3.8) is 0 Å². The Morgan fingerprint density at radius 2 is 1.79 bits per heavy atom. The first-order valence-electron chi connectivity index (χ1n) is 5.73. The van der Waals surface area contributed by atoms with Crippen LogP contribution >= 0.6 is 15.9 Å². The van der Waals surface area contributed by atoms with Crippen molar-refractivity contribution < 1.29 is 4.79 Å². The van der Waals surface area contributed by atoms with Crippen LogP contribution in [0.5, 0.6) is 0 Å². The summed E-state index contributed by atoms with van der Waals surface area (Å²) in [6, 6.07) is 0.632. The van der Waals surface area contributed by atoms with E-state index in [0.29, 0.717) is 11.9 Å². The van der Waals surface area contributed by atoms with Gasteiger partial charge in [0.25, 0.3) is 0 Å². The second kappa shape index (κ2) is 3.22. The molecule has 0 aromatic heterocycles. The van der Waals surface area contributed by atoms with Crippen molar-refractivity contribution in [3.8, 4) is 0 Å². The second-order valence-electron chi connectivity index (χ2n) is 4.89. The molecule has 2 saturated carbocycles. The summed E-state index contributed by atoms with van der Waals surface area (Å²) in [5.74, 6) is 2.08. The Bertz CT molecular complexity index is 256. The van der Waals surface area contributed by atoms with E-state index in [0.717, 1.165) is 24.8 Å². The van der Waals surface area contributed by atoms with E-state index < -0.39 is 0 Å². The molecule has 78 valence electrons. The highest BCUT2D eigenvalue weighted by atomic mass is 79.9. The minimum absolute atomic E-state index is 0.116. The summed E-state index contributed by atoms with van der Waals surface area (Å²) in [5.41, 5.74) is 0. The SMILES string of the molecule is O=C1C(Br)CCN1C1C2CCCCC21. The van der Waals surface area contributed by atoms with Gasteiger partial charge in [0.15, 0.2) is 0 Å². The van der Waals surface area contributed by atoms with Gasteiger partial charge in [-0.15, -0.1) is 0 Å². The lowest BCUT2D eigenvalue weighted by molar-refractivity contribution is -0.127. The van der Waals surface area contributed by atoms with Crippen molar-refractivity contribution in [3.05, 3.63) is 0 Å². The fourth-order valence-corrected chi connectivity index (χ4v) is 3.85. The maximum atomic E-state index is 11.8. The zero-order valence-electron chi connectivity index (χ0n) is 8.29. The molecule has 3 rings (SSSR count). The lowest BCUT2D eigenvalue weighted by atomic mass is 10.0. The van der Waals surface area contributed by atoms with Gasteiger partial charge in [0.1, 0.15) is 0 Å². The van der Waals surface area contributed by atoms with E-state index >= 15 is 0 Å². The minimum atomic E-state index is 0.116. The lowest BCUT2D eigenvalue weighted by Gasteiger charge is -2.15. The maximum Gasteiger partial charge on any atom is 0.236 e. The first kappa shape index (κ1) is 9.20. The summed E-state index contributed by atoms with van der Waals surface area (Å²) in [7, 11) is 0. The van der Waals surface area contributed by atoms with Gasteiger partial charge in [-0.25, -0.2) is 0 Å². The number of amides is 1. The quantitative estimate of drug-likeness (QED) is 0.660. The average molecular weight is 258 g/mol. The summed E-state index contributed by atoms with van der Waals surface area (Å²) in [4.78, 5) is 14.1. The average Bonchev–Trinajstić information content (AvgIpc) is 2.84. The number of likely N-dealkylation sites (tertiary alicyclic amines) is 1. The number of nitrogens with zero attached hydrogens (tertiary/aromatic N) is 1. The first-order valence-corrected chi connectivity index (χ1v) is 6.65.